The Morgan fingerprint density at radius 3 is 2.71 bits per heavy atom. The normalized spacial score (nSPS) is 14.2. The fourth-order valence-corrected chi connectivity index (χ4v) is 2.57. The second kappa shape index (κ2) is 6.04. The minimum Gasteiger partial charge on any atom is -0.497 e. The number of hydrogen-bond acceptors (Lipinski definition) is 2. The zero-order valence-corrected chi connectivity index (χ0v) is 12.6. The van der Waals surface area contributed by atoms with E-state index in [9.17, 15) is 4.39 Å². The largest absolute Gasteiger partial charge is 0.497 e. The Kier molecular flexibility index (Phi) is 4.13. The molecule has 0 unspecified atom stereocenters. The summed E-state index contributed by atoms with van der Waals surface area (Å²) in [5.74, 6) is 0.505. The van der Waals surface area contributed by atoms with Crippen molar-refractivity contribution < 1.29 is 9.13 Å². The van der Waals surface area contributed by atoms with Gasteiger partial charge >= 0.3 is 0 Å². The molecular formula is C17H17ClFNO. The number of methoxy groups -OCH3 is 1. The van der Waals surface area contributed by atoms with Gasteiger partial charge in [0.05, 0.1) is 7.11 Å². The highest BCUT2D eigenvalue weighted by molar-refractivity contribution is 6.33. The van der Waals surface area contributed by atoms with Gasteiger partial charge in [-0.2, -0.15) is 0 Å². The molecule has 3 rings (SSSR count). The van der Waals surface area contributed by atoms with Crippen LogP contribution in [0.4, 0.5) is 4.39 Å². The van der Waals surface area contributed by atoms with E-state index < -0.39 is 0 Å². The van der Waals surface area contributed by atoms with Gasteiger partial charge in [0, 0.05) is 23.2 Å². The Morgan fingerprint density at radius 2 is 2.00 bits per heavy atom. The summed E-state index contributed by atoms with van der Waals surface area (Å²) in [5, 5.41) is 4.03. The van der Waals surface area contributed by atoms with Gasteiger partial charge in [-0.25, -0.2) is 4.39 Å². The van der Waals surface area contributed by atoms with E-state index in [0.29, 0.717) is 16.6 Å². The first-order valence-electron chi connectivity index (χ1n) is 7.03. The van der Waals surface area contributed by atoms with Gasteiger partial charge in [0.25, 0.3) is 0 Å². The van der Waals surface area contributed by atoms with Crippen molar-refractivity contribution in [2.45, 2.75) is 25.4 Å². The Labute approximate surface area is 128 Å². The van der Waals surface area contributed by atoms with Crippen molar-refractivity contribution in [1.29, 1.82) is 0 Å². The van der Waals surface area contributed by atoms with Crippen LogP contribution in [0.2, 0.25) is 5.02 Å². The van der Waals surface area contributed by atoms with Crippen molar-refractivity contribution >= 4 is 11.6 Å². The molecule has 0 spiro atoms. The van der Waals surface area contributed by atoms with Crippen molar-refractivity contribution in [3.8, 4) is 16.9 Å². The molecule has 0 amide bonds. The molecule has 0 bridgehead atoms. The van der Waals surface area contributed by atoms with Gasteiger partial charge in [-0.3, -0.25) is 0 Å². The van der Waals surface area contributed by atoms with E-state index in [1.54, 1.807) is 13.2 Å². The summed E-state index contributed by atoms with van der Waals surface area (Å²) in [5.41, 5.74) is 2.72. The highest BCUT2D eigenvalue weighted by Gasteiger charge is 2.21. The predicted octanol–water partition coefficient (Wildman–Crippen LogP) is 4.41. The van der Waals surface area contributed by atoms with Crippen molar-refractivity contribution in [3.63, 3.8) is 0 Å². The molecular weight excluding hydrogens is 289 g/mol. The van der Waals surface area contributed by atoms with Crippen LogP contribution in [0.1, 0.15) is 18.4 Å². The van der Waals surface area contributed by atoms with Gasteiger partial charge in [-0.1, -0.05) is 17.7 Å². The predicted molar refractivity (Wildman–Crippen MR) is 83.3 cm³/mol. The van der Waals surface area contributed by atoms with E-state index in [0.717, 1.165) is 23.4 Å². The molecule has 110 valence electrons. The topological polar surface area (TPSA) is 21.3 Å². The molecule has 2 aromatic carbocycles. The lowest BCUT2D eigenvalue weighted by molar-refractivity contribution is 0.414. The molecule has 1 fully saturated rings. The molecule has 0 atom stereocenters. The van der Waals surface area contributed by atoms with Crippen LogP contribution in [0, 0.1) is 5.82 Å². The van der Waals surface area contributed by atoms with Crippen molar-refractivity contribution in [1.82, 2.24) is 5.32 Å². The Balaban J connectivity index is 2.00. The summed E-state index contributed by atoms with van der Waals surface area (Å²) < 4.78 is 18.8. The molecule has 0 radical (unpaired) electrons. The third kappa shape index (κ3) is 3.36. The van der Waals surface area contributed by atoms with Gasteiger partial charge in [-0.15, -0.1) is 0 Å². The molecule has 0 heterocycles. The zero-order valence-electron chi connectivity index (χ0n) is 11.8. The molecule has 1 aliphatic rings. The molecule has 0 aliphatic heterocycles. The van der Waals surface area contributed by atoms with Crippen LogP contribution in [0.15, 0.2) is 36.4 Å². The lowest BCUT2D eigenvalue weighted by Crippen LogP contribution is -2.16. The van der Waals surface area contributed by atoms with Crippen LogP contribution in [0.3, 0.4) is 0 Å². The van der Waals surface area contributed by atoms with Crippen LogP contribution in [-0.2, 0) is 6.54 Å². The van der Waals surface area contributed by atoms with Gasteiger partial charge in [-0.05, 0) is 54.3 Å². The summed E-state index contributed by atoms with van der Waals surface area (Å²) in [6.07, 6.45) is 2.44. The maximum absolute atomic E-state index is 13.5. The highest BCUT2D eigenvalue weighted by Crippen LogP contribution is 2.33. The Morgan fingerprint density at radius 1 is 1.19 bits per heavy atom. The van der Waals surface area contributed by atoms with E-state index in [1.807, 2.05) is 18.2 Å². The van der Waals surface area contributed by atoms with Gasteiger partial charge in [0.1, 0.15) is 11.6 Å². The third-order valence-electron chi connectivity index (χ3n) is 3.69. The summed E-state index contributed by atoms with van der Waals surface area (Å²) in [4.78, 5) is 0. The van der Waals surface area contributed by atoms with Crippen molar-refractivity contribution in [2.75, 3.05) is 7.11 Å². The smallest absolute Gasteiger partial charge is 0.123 e. The van der Waals surface area contributed by atoms with Crippen molar-refractivity contribution in [3.05, 3.63) is 52.8 Å². The van der Waals surface area contributed by atoms with Crippen LogP contribution in [-0.4, -0.2) is 13.2 Å². The molecule has 0 saturated heterocycles. The van der Waals surface area contributed by atoms with Gasteiger partial charge in [0.2, 0.25) is 0 Å². The lowest BCUT2D eigenvalue weighted by Gasteiger charge is -2.14. The lowest BCUT2D eigenvalue weighted by atomic mass is 9.99. The first-order chi connectivity index (χ1) is 10.2. The summed E-state index contributed by atoms with van der Waals surface area (Å²) in [6, 6.07) is 10.8. The SMILES string of the molecule is COc1ccc(-c2cc(F)ccc2Cl)c(CNC2CC2)c1. The first-order valence-corrected chi connectivity index (χ1v) is 7.41. The maximum atomic E-state index is 13.5. The number of benzene rings is 2. The molecule has 21 heavy (non-hydrogen) atoms. The minimum atomic E-state index is -0.286. The fourth-order valence-electron chi connectivity index (χ4n) is 2.35. The molecule has 0 aromatic heterocycles. The third-order valence-corrected chi connectivity index (χ3v) is 4.02. The van der Waals surface area contributed by atoms with Crippen LogP contribution >= 0.6 is 11.6 Å². The number of ether oxygens (including phenoxy) is 1. The maximum Gasteiger partial charge on any atom is 0.123 e. The monoisotopic (exact) mass is 305 g/mol. The number of nitrogens with one attached hydrogen (secondary N) is 1. The Bertz CT molecular complexity index is 655. The summed E-state index contributed by atoms with van der Waals surface area (Å²) in [6.45, 7) is 0.726. The summed E-state index contributed by atoms with van der Waals surface area (Å²) in [7, 11) is 1.64. The van der Waals surface area contributed by atoms with E-state index >= 15 is 0 Å². The van der Waals surface area contributed by atoms with Crippen LogP contribution < -0.4 is 10.1 Å². The van der Waals surface area contributed by atoms with E-state index in [4.69, 9.17) is 16.3 Å². The van der Waals surface area contributed by atoms with E-state index in [2.05, 4.69) is 5.32 Å². The second-order valence-electron chi connectivity index (χ2n) is 5.30. The highest BCUT2D eigenvalue weighted by atomic mass is 35.5. The van der Waals surface area contributed by atoms with E-state index in [-0.39, 0.29) is 5.82 Å². The minimum absolute atomic E-state index is 0.286. The average molecular weight is 306 g/mol. The fraction of sp³-hybridized carbons (Fsp3) is 0.294. The standard InChI is InChI=1S/C17H17ClFNO/c1-21-14-5-6-15(11(8-14)10-20-13-3-4-13)16-9-12(19)2-7-17(16)18/h2,5-9,13,20H,3-4,10H2,1H3. The first kappa shape index (κ1) is 14.4. The number of halogens is 2. The zero-order chi connectivity index (χ0) is 14.8. The van der Waals surface area contributed by atoms with Gasteiger partial charge < -0.3 is 10.1 Å². The molecule has 2 nitrogen and oxygen atoms in total. The quantitative estimate of drug-likeness (QED) is 0.883. The number of rotatable bonds is 5. The summed E-state index contributed by atoms with van der Waals surface area (Å²) >= 11 is 6.23. The van der Waals surface area contributed by atoms with Crippen LogP contribution in [0.5, 0.6) is 5.75 Å². The molecule has 4 heteroatoms. The van der Waals surface area contributed by atoms with E-state index in [1.165, 1.54) is 25.0 Å². The number of hydrogen-bond donors (Lipinski definition) is 1. The molecule has 2 aromatic rings. The van der Waals surface area contributed by atoms with Crippen LogP contribution in [0.25, 0.3) is 11.1 Å². The average Bonchev–Trinajstić information content (AvgIpc) is 3.32. The molecule has 1 aliphatic carbocycles. The Hall–Kier alpha value is -1.58. The second-order valence-corrected chi connectivity index (χ2v) is 5.71. The van der Waals surface area contributed by atoms with Gasteiger partial charge in [0.15, 0.2) is 0 Å². The van der Waals surface area contributed by atoms with Crippen molar-refractivity contribution in [2.24, 2.45) is 0 Å². The molecule has 1 N–H and O–H groups in total. The molecule has 1 saturated carbocycles.